The Bertz CT molecular complexity index is 490. The van der Waals surface area contributed by atoms with Crippen molar-refractivity contribution in [2.24, 2.45) is 46.3 Å². The van der Waals surface area contributed by atoms with E-state index in [2.05, 4.69) is 34.3 Å². The van der Waals surface area contributed by atoms with Gasteiger partial charge in [-0.05, 0) is 105 Å². The van der Waals surface area contributed by atoms with E-state index >= 15 is 0 Å². The zero-order chi connectivity index (χ0) is 16.4. The van der Waals surface area contributed by atoms with Gasteiger partial charge in [-0.3, -0.25) is 0 Å². The molecule has 0 N–H and O–H groups in total. The first kappa shape index (κ1) is 16.2. The molecule has 4 rings (SSSR count). The number of fused-ring (bicyclic) bond motifs is 5. The van der Waals surface area contributed by atoms with E-state index in [-0.39, 0.29) is 0 Å². The fourth-order valence-corrected chi connectivity index (χ4v) is 8.28. The molecule has 0 amide bonds. The molecule has 4 saturated carbocycles. The molecule has 0 aromatic carbocycles. The van der Waals surface area contributed by atoms with Crippen molar-refractivity contribution >= 4 is 0 Å². The summed E-state index contributed by atoms with van der Waals surface area (Å²) in [5.41, 5.74) is 2.73. The largest absolute Gasteiger partial charge is 0.0998 e. The Labute approximate surface area is 144 Å². The number of rotatable bonds is 1. The van der Waals surface area contributed by atoms with Crippen LogP contribution in [0.5, 0.6) is 0 Å². The minimum Gasteiger partial charge on any atom is -0.0998 e. The lowest BCUT2D eigenvalue weighted by molar-refractivity contribution is -0.114. The highest BCUT2D eigenvalue weighted by Crippen LogP contribution is 2.68. The van der Waals surface area contributed by atoms with E-state index in [1.807, 2.05) is 0 Å². The van der Waals surface area contributed by atoms with E-state index in [4.69, 9.17) is 0 Å². The van der Waals surface area contributed by atoms with E-state index in [0.717, 1.165) is 35.5 Å². The number of hydrogen-bond acceptors (Lipinski definition) is 0. The third-order valence-electron chi connectivity index (χ3n) is 9.52. The molecule has 0 aliphatic heterocycles. The fourth-order valence-electron chi connectivity index (χ4n) is 8.28. The Balaban J connectivity index is 1.61. The van der Waals surface area contributed by atoms with Crippen molar-refractivity contribution in [2.75, 3.05) is 0 Å². The summed E-state index contributed by atoms with van der Waals surface area (Å²) >= 11 is 0. The lowest BCUT2D eigenvalue weighted by atomic mass is 9.44. The minimum absolute atomic E-state index is 0.582. The van der Waals surface area contributed by atoms with E-state index < -0.39 is 0 Å². The van der Waals surface area contributed by atoms with Crippen LogP contribution in [0.2, 0.25) is 0 Å². The maximum absolute atomic E-state index is 4.36. The molecule has 0 bridgehead atoms. The topological polar surface area (TPSA) is 0 Å². The van der Waals surface area contributed by atoms with Crippen LogP contribution >= 0.6 is 0 Å². The maximum atomic E-state index is 4.36. The predicted octanol–water partition coefficient (Wildman–Crippen LogP) is 6.86. The molecular formula is C23H38. The molecule has 0 radical (unpaired) electrons. The van der Waals surface area contributed by atoms with E-state index in [1.54, 1.807) is 6.42 Å². The maximum Gasteiger partial charge on any atom is -0.0152 e. The molecular weight excluding hydrogens is 276 g/mol. The first-order chi connectivity index (χ1) is 10.9. The van der Waals surface area contributed by atoms with Gasteiger partial charge in [0.2, 0.25) is 0 Å². The molecule has 0 spiro atoms. The molecule has 4 aliphatic carbocycles. The van der Waals surface area contributed by atoms with Gasteiger partial charge >= 0.3 is 0 Å². The number of allylic oxidation sites excluding steroid dienone is 1. The first-order valence-corrected chi connectivity index (χ1v) is 10.5. The molecule has 0 nitrogen and oxygen atoms in total. The van der Waals surface area contributed by atoms with Crippen LogP contribution in [-0.2, 0) is 0 Å². The van der Waals surface area contributed by atoms with Crippen molar-refractivity contribution in [3.8, 4) is 0 Å². The van der Waals surface area contributed by atoms with Gasteiger partial charge in [-0.15, -0.1) is 0 Å². The van der Waals surface area contributed by atoms with Crippen molar-refractivity contribution in [3.05, 3.63) is 12.2 Å². The molecule has 0 aromatic heterocycles. The highest BCUT2D eigenvalue weighted by Gasteiger charge is 2.59. The van der Waals surface area contributed by atoms with Crippen LogP contribution in [0.4, 0.5) is 0 Å². The van der Waals surface area contributed by atoms with Gasteiger partial charge in [0.15, 0.2) is 0 Å². The standard InChI is InChI=1S/C23H38/c1-15(2)19-8-9-20-18-7-6-17-14-16(3)10-12-22(17,4)21(18)11-13-23(19,20)5/h16-21H,1,6-14H2,2-5H3/t16-,17?,18-,19+,20?,21?,22-,23+/m0/s1. The molecule has 8 atom stereocenters. The van der Waals surface area contributed by atoms with Gasteiger partial charge in [-0.2, -0.15) is 0 Å². The summed E-state index contributed by atoms with van der Waals surface area (Å²) in [5.74, 6) is 5.90. The Hall–Kier alpha value is -0.260. The van der Waals surface area contributed by atoms with Gasteiger partial charge in [-0.25, -0.2) is 0 Å². The molecule has 3 unspecified atom stereocenters. The second-order valence-electron chi connectivity index (χ2n) is 10.6. The van der Waals surface area contributed by atoms with Gasteiger partial charge in [-0.1, -0.05) is 39.3 Å². The van der Waals surface area contributed by atoms with Crippen LogP contribution in [0.25, 0.3) is 0 Å². The summed E-state index contributed by atoms with van der Waals surface area (Å²) in [5, 5.41) is 0. The summed E-state index contributed by atoms with van der Waals surface area (Å²) < 4.78 is 0. The van der Waals surface area contributed by atoms with Gasteiger partial charge in [0.1, 0.15) is 0 Å². The van der Waals surface area contributed by atoms with Crippen LogP contribution < -0.4 is 0 Å². The molecule has 130 valence electrons. The average molecular weight is 315 g/mol. The molecule has 4 fully saturated rings. The van der Waals surface area contributed by atoms with E-state index in [9.17, 15) is 0 Å². The monoisotopic (exact) mass is 314 g/mol. The zero-order valence-electron chi connectivity index (χ0n) is 16.0. The zero-order valence-corrected chi connectivity index (χ0v) is 16.0. The molecule has 0 heteroatoms. The first-order valence-electron chi connectivity index (χ1n) is 10.5. The smallest absolute Gasteiger partial charge is 0.0152 e. The summed E-state index contributed by atoms with van der Waals surface area (Å²) in [4.78, 5) is 0. The lowest BCUT2D eigenvalue weighted by Crippen LogP contribution is -2.53. The lowest BCUT2D eigenvalue weighted by Gasteiger charge is -2.61. The van der Waals surface area contributed by atoms with Crippen molar-refractivity contribution in [2.45, 2.75) is 85.5 Å². The molecule has 4 aliphatic rings. The average Bonchev–Trinajstić information content (AvgIpc) is 2.85. The number of hydrogen-bond donors (Lipinski definition) is 0. The predicted molar refractivity (Wildman–Crippen MR) is 99.2 cm³/mol. The Morgan fingerprint density at radius 1 is 0.870 bits per heavy atom. The van der Waals surface area contributed by atoms with Gasteiger partial charge < -0.3 is 0 Å². The molecule has 0 aromatic rings. The Morgan fingerprint density at radius 3 is 2.30 bits per heavy atom. The fraction of sp³-hybridized carbons (Fsp3) is 0.913. The van der Waals surface area contributed by atoms with E-state index in [1.165, 1.54) is 56.9 Å². The van der Waals surface area contributed by atoms with Crippen LogP contribution in [-0.4, -0.2) is 0 Å². The Morgan fingerprint density at radius 2 is 1.57 bits per heavy atom. The SMILES string of the molecule is C=C(C)[C@H]1CCC2[C@@H]3CCC4C[C@@H](C)CC[C@]4(C)C3CC[C@@]21C. The molecule has 23 heavy (non-hydrogen) atoms. The van der Waals surface area contributed by atoms with Crippen LogP contribution in [0, 0.1) is 46.3 Å². The van der Waals surface area contributed by atoms with Crippen molar-refractivity contribution in [1.29, 1.82) is 0 Å². The summed E-state index contributed by atoms with van der Waals surface area (Å²) in [7, 11) is 0. The van der Waals surface area contributed by atoms with Crippen LogP contribution in [0.15, 0.2) is 12.2 Å². The quantitative estimate of drug-likeness (QED) is 0.464. The van der Waals surface area contributed by atoms with Gasteiger partial charge in [0.05, 0.1) is 0 Å². The van der Waals surface area contributed by atoms with Crippen LogP contribution in [0.3, 0.4) is 0 Å². The second-order valence-corrected chi connectivity index (χ2v) is 10.6. The summed E-state index contributed by atoms with van der Waals surface area (Å²) in [6.45, 7) is 14.5. The van der Waals surface area contributed by atoms with E-state index in [0.29, 0.717) is 10.8 Å². The molecule has 0 heterocycles. The third-order valence-corrected chi connectivity index (χ3v) is 9.52. The molecule has 0 saturated heterocycles. The van der Waals surface area contributed by atoms with Crippen LogP contribution in [0.1, 0.15) is 85.5 Å². The minimum atomic E-state index is 0.582. The van der Waals surface area contributed by atoms with Crippen molar-refractivity contribution in [3.63, 3.8) is 0 Å². The van der Waals surface area contributed by atoms with Crippen molar-refractivity contribution < 1.29 is 0 Å². The highest BCUT2D eigenvalue weighted by atomic mass is 14.6. The second kappa shape index (κ2) is 5.37. The van der Waals surface area contributed by atoms with Crippen molar-refractivity contribution in [1.82, 2.24) is 0 Å². The third kappa shape index (κ3) is 2.22. The summed E-state index contributed by atoms with van der Waals surface area (Å²) in [6.07, 6.45) is 13.5. The summed E-state index contributed by atoms with van der Waals surface area (Å²) in [6, 6.07) is 0. The van der Waals surface area contributed by atoms with Gasteiger partial charge in [0, 0.05) is 0 Å². The highest BCUT2D eigenvalue weighted by molar-refractivity contribution is 5.15. The van der Waals surface area contributed by atoms with Gasteiger partial charge in [0.25, 0.3) is 0 Å². The Kier molecular flexibility index (Phi) is 3.79. The normalized spacial score (nSPS) is 55.7.